The summed E-state index contributed by atoms with van der Waals surface area (Å²) in [5, 5.41) is 2.97. The summed E-state index contributed by atoms with van der Waals surface area (Å²) in [6.45, 7) is 5.24. The quantitative estimate of drug-likeness (QED) is 0.610. The van der Waals surface area contributed by atoms with Gasteiger partial charge < -0.3 is 10.1 Å². The third kappa shape index (κ3) is 6.34. The molecule has 0 saturated heterocycles. The number of hydrogen-bond donors (Lipinski definition) is 1. The molecule has 1 rings (SSSR count). The predicted molar refractivity (Wildman–Crippen MR) is 68.8 cm³/mol. The van der Waals surface area contributed by atoms with E-state index >= 15 is 0 Å². The minimum absolute atomic E-state index is 0.160. The lowest BCUT2D eigenvalue weighted by atomic mass is 10.1. The lowest BCUT2D eigenvalue weighted by molar-refractivity contribution is -0.137. The van der Waals surface area contributed by atoms with Crippen molar-refractivity contribution in [3.05, 3.63) is 35.1 Å². The fourth-order valence-electron chi connectivity index (χ4n) is 1.67. The van der Waals surface area contributed by atoms with Crippen molar-refractivity contribution in [1.29, 1.82) is 0 Å². The van der Waals surface area contributed by atoms with E-state index in [0.29, 0.717) is 19.2 Å². The summed E-state index contributed by atoms with van der Waals surface area (Å²) >= 11 is 0. The molecule has 0 aliphatic carbocycles. The largest absolute Gasteiger partial charge is 0.416 e. The molecule has 0 fully saturated rings. The number of benzene rings is 1. The van der Waals surface area contributed by atoms with Gasteiger partial charge in [-0.15, -0.1) is 0 Å². The second-order valence-corrected chi connectivity index (χ2v) is 4.80. The lowest BCUT2D eigenvalue weighted by Crippen LogP contribution is -2.18. The highest BCUT2D eigenvalue weighted by Crippen LogP contribution is 2.30. The standard InChI is InChI=1S/C14H19F4NO/c1-10(2)20-5-3-4-19-9-11-6-12(14(16,17)18)8-13(15)7-11/h6-8,10,19H,3-5,9H2,1-2H3. The van der Waals surface area contributed by atoms with E-state index in [1.54, 1.807) is 0 Å². The van der Waals surface area contributed by atoms with Crippen molar-refractivity contribution in [1.82, 2.24) is 5.32 Å². The first kappa shape index (κ1) is 16.9. The average Bonchev–Trinajstić information content (AvgIpc) is 2.31. The highest BCUT2D eigenvalue weighted by molar-refractivity contribution is 5.26. The van der Waals surface area contributed by atoms with Crippen molar-refractivity contribution in [3.63, 3.8) is 0 Å². The van der Waals surface area contributed by atoms with Crippen molar-refractivity contribution in [2.24, 2.45) is 0 Å². The van der Waals surface area contributed by atoms with Crippen LogP contribution in [0.25, 0.3) is 0 Å². The van der Waals surface area contributed by atoms with Crippen LogP contribution < -0.4 is 5.32 Å². The van der Waals surface area contributed by atoms with E-state index in [0.717, 1.165) is 18.6 Å². The van der Waals surface area contributed by atoms with Crippen LogP contribution in [0.5, 0.6) is 0 Å². The van der Waals surface area contributed by atoms with Gasteiger partial charge in [0.15, 0.2) is 0 Å². The summed E-state index contributed by atoms with van der Waals surface area (Å²) in [5.74, 6) is -0.875. The van der Waals surface area contributed by atoms with Crippen LogP contribution in [0, 0.1) is 5.82 Å². The van der Waals surface area contributed by atoms with Crippen molar-refractivity contribution in [3.8, 4) is 0 Å². The molecule has 0 bridgehead atoms. The number of rotatable bonds is 7. The van der Waals surface area contributed by atoms with Crippen LogP contribution >= 0.6 is 0 Å². The van der Waals surface area contributed by atoms with Gasteiger partial charge in [0.1, 0.15) is 5.82 Å². The van der Waals surface area contributed by atoms with Gasteiger partial charge in [-0.25, -0.2) is 4.39 Å². The molecule has 0 saturated carbocycles. The van der Waals surface area contributed by atoms with Crippen molar-refractivity contribution >= 4 is 0 Å². The van der Waals surface area contributed by atoms with E-state index < -0.39 is 17.6 Å². The fourth-order valence-corrected chi connectivity index (χ4v) is 1.67. The van der Waals surface area contributed by atoms with Gasteiger partial charge in [0.05, 0.1) is 11.7 Å². The van der Waals surface area contributed by atoms with Crippen LogP contribution in [-0.4, -0.2) is 19.3 Å². The van der Waals surface area contributed by atoms with Crippen molar-refractivity contribution in [2.75, 3.05) is 13.2 Å². The molecule has 0 spiro atoms. The first-order valence-corrected chi connectivity index (χ1v) is 6.48. The van der Waals surface area contributed by atoms with E-state index in [2.05, 4.69) is 5.32 Å². The number of nitrogens with one attached hydrogen (secondary N) is 1. The SMILES string of the molecule is CC(C)OCCCNCc1cc(F)cc(C(F)(F)F)c1. The molecule has 0 amide bonds. The number of halogens is 4. The zero-order valence-corrected chi connectivity index (χ0v) is 11.6. The highest BCUT2D eigenvalue weighted by Gasteiger charge is 2.31. The maximum Gasteiger partial charge on any atom is 0.416 e. The second-order valence-electron chi connectivity index (χ2n) is 4.80. The summed E-state index contributed by atoms with van der Waals surface area (Å²) in [7, 11) is 0. The van der Waals surface area contributed by atoms with Crippen LogP contribution in [-0.2, 0) is 17.5 Å². The summed E-state index contributed by atoms with van der Waals surface area (Å²) < 4.78 is 56.0. The van der Waals surface area contributed by atoms with Gasteiger partial charge in [0, 0.05) is 13.2 Å². The van der Waals surface area contributed by atoms with Gasteiger partial charge in [0.2, 0.25) is 0 Å². The Labute approximate surface area is 116 Å². The summed E-state index contributed by atoms with van der Waals surface area (Å²) in [6.07, 6.45) is -3.62. The molecule has 1 aromatic carbocycles. The molecule has 6 heteroatoms. The van der Waals surface area contributed by atoms with E-state index in [9.17, 15) is 17.6 Å². The topological polar surface area (TPSA) is 21.3 Å². The summed E-state index contributed by atoms with van der Waals surface area (Å²) in [4.78, 5) is 0. The normalized spacial score (nSPS) is 12.2. The minimum Gasteiger partial charge on any atom is -0.379 e. The molecule has 0 aliphatic rings. The molecule has 114 valence electrons. The Morgan fingerprint density at radius 1 is 1.20 bits per heavy atom. The highest BCUT2D eigenvalue weighted by atomic mass is 19.4. The van der Waals surface area contributed by atoms with E-state index in [1.807, 2.05) is 13.8 Å². The van der Waals surface area contributed by atoms with Crippen LogP contribution in [0.2, 0.25) is 0 Å². The van der Waals surface area contributed by atoms with Crippen LogP contribution in [0.3, 0.4) is 0 Å². The maximum absolute atomic E-state index is 13.1. The monoisotopic (exact) mass is 293 g/mol. The first-order chi connectivity index (χ1) is 9.29. The molecule has 1 N–H and O–H groups in total. The third-order valence-corrected chi connectivity index (χ3v) is 2.56. The summed E-state index contributed by atoms with van der Waals surface area (Å²) in [6, 6.07) is 2.56. The number of alkyl halides is 3. The molecule has 0 heterocycles. The van der Waals surface area contributed by atoms with E-state index in [-0.39, 0.29) is 18.2 Å². The Balaban J connectivity index is 2.42. The van der Waals surface area contributed by atoms with Gasteiger partial charge >= 0.3 is 6.18 Å². The molecule has 0 unspecified atom stereocenters. The van der Waals surface area contributed by atoms with Gasteiger partial charge in [-0.05, 0) is 50.6 Å². The number of ether oxygens (including phenoxy) is 1. The van der Waals surface area contributed by atoms with E-state index in [1.165, 1.54) is 0 Å². The van der Waals surface area contributed by atoms with Gasteiger partial charge in [-0.3, -0.25) is 0 Å². The Morgan fingerprint density at radius 3 is 2.50 bits per heavy atom. The van der Waals surface area contributed by atoms with Crippen LogP contribution in [0.1, 0.15) is 31.4 Å². The molecule has 0 aliphatic heterocycles. The van der Waals surface area contributed by atoms with Gasteiger partial charge in [-0.2, -0.15) is 13.2 Å². The minimum atomic E-state index is -4.53. The first-order valence-electron chi connectivity index (χ1n) is 6.48. The third-order valence-electron chi connectivity index (χ3n) is 2.56. The van der Waals surface area contributed by atoms with E-state index in [4.69, 9.17) is 4.74 Å². The number of hydrogen-bond acceptors (Lipinski definition) is 2. The Morgan fingerprint density at radius 2 is 1.90 bits per heavy atom. The lowest BCUT2D eigenvalue weighted by Gasteiger charge is -2.11. The molecule has 0 atom stereocenters. The van der Waals surface area contributed by atoms with Gasteiger partial charge in [0.25, 0.3) is 0 Å². The Bertz CT molecular complexity index is 418. The van der Waals surface area contributed by atoms with Crippen molar-refractivity contribution in [2.45, 2.75) is 39.1 Å². The van der Waals surface area contributed by atoms with Crippen LogP contribution in [0.4, 0.5) is 17.6 Å². The molecule has 2 nitrogen and oxygen atoms in total. The fraction of sp³-hybridized carbons (Fsp3) is 0.571. The Hall–Kier alpha value is -1.14. The van der Waals surface area contributed by atoms with Crippen LogP contribution in [0.15, 0.2) is 18.2 Å². The average molecular weight is 293 g/mol. The molecular weight excluding hydrogens is 274 g/mol. The Kier molecular flexibility index (Phi) is 6.42. The molecular formula is C14H19F4NO. The van der Waals surface area contributed by atoms with Crippen molar-refractivity contribution < 1.29 is 22.3 Å². The molecule has 1 aromatic rings. The molecule has 20 heavy (non-hydrogen) atoms. The molecule has 0 aromatic heterocycles. The molecule has 0 radical (unpaired) electrons. The summed E-state index contributed by atoms with van der Waals surface area (Å²) in [5.41, 5.74) is -0.681. The zero-order chi connectivity index (χ0) is 15.2. The predicted octanol–water partition coefficient (Wildman–Crippen LogP) is 3.75. The van der Waals surface area contributed by atoms with Gasteiger partial charge in [-0.1, -0.05) is 0 Å². The smallest absolute Gasteiger partial charge is 0.379 e. The second kappa shape index (κ2) is 7.59. The maximum atomic E-state index is 13.1. The zero-order valence-electron chi connectivity index (χ0n) is 11.6.